The second-order valence-electron chi connectivity index (χ2n) is 4.68. The number of sulfonamides is 1. The lowest BCUT2D eigenvalue weighted by molar-refractivity contribution is 0.332. The van der Waals surface area contributed by atoms with E-state index in [1.165, 1.54) is 12.1 Å². The van der Waals surface area contributed by atoms with Gasteiger partial charge in [-0.1, -0.05) is 6.07 Å². The van der Waals surface area contributed by atoms with Gasteiger partial charge in [-0.15, -0.1) is 0 Å². The number of benzene rings is 2. The van der Waals surface area contributed by atoms with E-state index in [2.05, 4.69) is 4.72 Å². The Hall–Kier alpha value is -2.35. The lowest BCUT2D eigenvalue weighted by Crippen LogP contribution is -2.17. The normalized spacial score (nSPS) is 11.2. The summed E-state index contributed by atoms with van der Waals surface area (Å²) < 4.78 is 65.1. The van der Waals surface area contributed by atoms with Crippen LogP contribution in [-0.4, -0.2) is 21.6 Å². The molecule has 5 nitrogen and oxygen atoms in total. The zero-order valence-electron chi connectivity index (χ0n) is 13.2. The van der Waals surface area contributed by atoms with Crippen LogP contribution in [0, 0.1) is 11.6 Å². The molecule has 0 radical (unpaired) electrons. The van der Waals surface area contributed by atoms with Crippen LogP contribution in [0.5, 0.6) is 11.5 Å². The quantitative estimate of drug-likeness (QED) is 0.823. The van der Waals surface area contributed by atoms with Crippen LogP contribution in [0.2, 0.25) is 0 Å². The highest BCUT2D eigenvalue weighted by molar-refractivity contribution is 7.92. The molecular formula is C16H17F2NO4S. The molecule has 24 heavy (non-hydrogen) atoms. The van der Waals surface area contributed by atoms with E-state index in [4.69, 9.17) is 9.47 Å². The van der Waals surface area contributed by atoms with Crippen LogP contribution in [0.15, 0.2) is 41.3 Å². The molecule has 2 rings (SSSR count). The monoisotopic (exact) mass is 357 g/mol. The first-order valence-electron chi connectivity index (χ1n) is 7.25. The van der Waals surface area contributed by atoms with Gasteiger partial charge in [0.1, 0.15) is 23.1 Å². The van der Waals surface area contributed by atoms with Crippen LogP contribution in [0.1, 0.15) is 13.8 Å². The molecule has 0 aliphatic heterocycles. The van der Waals surface area contributed by atoms with Crippen LogP contribution in [0.3, 0.4) is 0 Å². The van der Waals surface area contributed by atoms with Crippen LogP contribution in [0.25, 0.3) is 0 Å². The lowest BCUT2D eigenvalue weighted by atomic mass is 10.3. The SMILES string of the molecule is CCOc1ccc(OCC)c(NS(=O)(=O)c2c(F)cccc2F)c1. The number of ether oxygens (including phenoxy) is 2. The summed E-state index contributed by atoms with van der Waals surface area (Å²) in [5.41, 5.74) is 0.0328. The second-order valence-corrected chi connectivity index (χ2v) is 6.30. The summed E-state index contributed by atoms with van der Waals surface area (Å²) in [5, 5.41) is 0. The Kier molecular flexibility index (Phi) is 5.61. The molecule has 0 heterocycles. The summed E-state index contributed by atoms with van der Waals surface area (Å²) in [6.45, 7) is 4.17. The molecule has 0 saturated carbocycles. The third kappa shape index (κ3) is 3.94. The Morgan fingerprint density at radius 1 is 1.00 bits per heavy atom. The van der Waals surface area contributed by atoms with Gasteiger partial charge in [0.15, 0.2) is 4.90 Å². The van der Waals surface area contributed by atoms with Gasteiger partial charge in [-0.05, 0) is 38.1 Å². The van der Waals surface area contributed by atoms with E-state index in [0.717, 1.165) is 18.2 Å². The third-order valence-corrected chi connectivity index (χ3v) is 4.41. The minimum absolute atomic E-state index is 0.0328. The summed E-state index contributed by atoms with van der Waals surface area (Å²) in [6, 6.07) is 7.35. The molecule has 0 aromatic heterocycles. The number of hydrogen-bond donors (Lipinski definition) is 1. The molecule has 2 aromatic rings. The first-order valence-corrected chi connectivity index (χ1v) is 8.73. The smallest absolute Gasteiger partial charge is 0.267 e. The van der Waals surface area contributed by atoms with E-state index >= 15 is 0 Å². The highest BCUT2D eigenvalue weighted by Gasteiger charge is 2.25. The molecule has 8 heteroatoms. The Bertz CT molecular complexity index is 805. The molecule has 0 spiro atoms. The number of rotatable bonds is 7. The predicted molar refractivity (Wildman–Crippen MR) is 85.9 cm³/mol. The van der Waals surface area contributed by atoms with Gasteiger partial charge in [0, 0.05) is 6.07 Å². The molecule has 0 amide bonds. The fraction of sp³-hybridized carbons (Fsp3) is 0.250. The lowest BCUT2D eigenvalue weighted by Gasteiger charge is -2.15. The molecule has 0 bridgehead atoms. The molecule has 0 aliphatic carbocycles. The van der Waals surface area contributed by atoms with Crippen molar-refractivity contribution in [1.82, 2.24) is 0 Å². The largest absolute Gasteiger partial charge is 0.494 e. The van der Waals surface area contributed by atoms with Crippen molar-refractivity contribution in [3.8, 4) is 11.5 Å². The number of anilines is 1. The molecule has 0 unspecified atom stereocenters. The Morgan fingerprint density at radius 3 is 2.21 bits per heavy atom. The van der Waals surface area contributed by atoms with E-state index in [1.54, 1.807) is 19.9 Å². The first kappa shape index (κ1) is 18.0. The molecule has 0 fully saturated rings. The maximum Gasteiger partial charge on any atom is 0.267 e. The highest BCUT2D eigenvalue weighted by Crippen LogP contribution is 2.32. The fourth-order valence-electron chi connectivity index (χ4n) is 2.06. The van der Waals surface area contributed by atoms with E-state index in [-0.39, 0.29) is 18.0 Å². The van der Waals surface area contributed by atoms with Crippen LogP contribution in [-0.2, 0) is 10.0 Å². The minimum Gasteiger partial charge on any atom is -0.494 e. The molecule has 0 atom stereocenters. The fourth-order valence-corrected chi connectivity index (χ4v) is 3.26. The number of hydrogen-bond acceptors (Lipinski definition) is 4. The predicted octanol–water partition coefficient (Wildman–Crippen LogP) is 3.56. The summed E-state index contributed by atoms with van der Waals surface area (Å²) in [6.07, 6.45) is 0. The number of halogens is 2. The summed E-state index contributed by atoms with van der Waals surface area (Å²) >= 11 is 0. The summed E-state index contributed by atoms with van der Waals surface area (Å²) in [4.78, 5) is -1.05. The zero-order valence-corrected chi connectivity index (χ0v) is 14.0. The van der Waals surface area contributed by atoms with Crippen molar-refractivity contribution in [3.63, 3.8) is 0 Å². The summed E-state index contributed by atoms with van der Waals surface area (Å²) in [7, 11) is -4.48. The van der Waals surface area contributed by atoms with Gasteiger partial charge in [-0.2, -0.15) is 0 Å². The first-order chi connectivity index (χ1) is 11.4. The molecule has 0 saturated heterocycles. The van der Waals surface area contributed by atoms with Gasteiger partial charge in [0.05, 0.1) is 18.9 Å². The topological polar surface area (TPSA) is 64.6 Å². The van der Waals surface area contributed by atoms with E-state index in [1.807, 2.05) is 0 Å². The van der Waals surface area contributed by atoms with Crippen molar-refractivity contribution >= 4 is 15.7 Å². The van der Waals surface area contributed by atoms with E-state index < -0.39 is 26.6 Å². The van der Waals surface area contributed by atoms with Crippen molar-refractivity contribution in [1.29, 1.82) is 0 Å². The van der Waals surface area contributed by atoms with Crippen LogP contribution < -0.4 is 14.2 Å². The van der Waals surface area contributed by atoms with Gasteiger partial charge >= 0.3 is 0 Å². The Balaban J connectivity index is 2.46. The van der Waals surface area contributed by atoms with Crippen LogP contribution in [0.4, 0.5) is 14.5 Å². The molecule has 2 aromatic carbocycles. The van der Waals surface area contributed by atoms with Gasteiger partial charge in [0.25, 0.3) is 10.0 Å². The van der Waals surface area contributed by atoms with Crippen molar-refractivity contribution in [3.05, 3.63) is 48.0 Å². The highest BCUT2D eigenvalue weighted by atomic mass is 32.2. The standard InChI is InChI=1S/C16H17F2NO4S/c1-3-22-11-8-9-15(23-4-2)14(10-11)19-24(20,21)16-12(17)6-5-7-13(16)18/h5-10,19H,3-4H2,1-2H3. The average Bonchev–Trinajstić information content (AvgIpc) is 2.49. The average molecular weight is 357 g/mol. The Morgan fingerprint density at radius 2 is 1.62 bits per heavy atom. The minimum atomic E-state index is -4.48. The second kappa shape index (κ2) is 7.48. The molecule has 1 N–H and O–H groups in total. The van der Waals surface area contributed by atoms with Gasteiger partial charge in [0.2, 0.25) is 0 Å². The Labute approximate surface area is 139 Å². The van der Waals surface area contributed by atoms with Gasteiger partial charge in [-0.3, -0.25) is 4.72 Å². The van der Waals surface area contributed by atoms with Gasteiger partial charge < -0.3 is 9.47 Å². The number of nitrogens with one attached hydrogen (secondary N) is 1. The van der Waals surface area contributed by atoms with Crippen LogP contribution >= 0.6 is 0 Å². The maximum absolute atomic E-state index is 13.8. The maximum atomic E-state index is 13.8. The third-order valence-electron chi connectivity index (χ3n) is 2.99. The van der Waals surface area contributed by atoms with Crippen molar-refractivity contribution in [2.24, 2.45) is 0 Å². The van der Waals surface area contributed by atoms with E-state index in [9.17, 15) is 17.2 Å². The van der Waals surface area contributed by atoms with E-state index in [0.29, 0.717) is 12.4 Å². The van der Waals surface area contributed by atoms with Crippen molar-refractivity contribution < 1.29 is 26.7 Å². The van der Waals surface area contributed by atoms with Crippen molar-refractivity contribution in [2.45, 2.75) is 18.7 Å². The van der Waals surface area contributed by atoms with Crippen molar-refractivity contribution in [2.75, 3.05) is 17.9 Å². The van der Waals surface area contributed by atoms with Gasteiger partial charge in [-0.25, -0.2) is 17.2 Å². The summed E-state index contributed by atoms with van der Waals surface area (Å²) in [5.74, 6) is -1.74. The zero-order chi connectivity index (χ0) is 17.7. The molecule has 130 valence electrons. The molecular weight excluding hydrogens is 340 g/mol. The molecule has 0 aliphatic rings.